The monoisotopic (exact) mass is 698 g/mol. The summed E-state index contributed by atoms with van der Waals surface area (Å²) in [5.41, 5.74) is 1.00. The number of pyridine rings is 1. The van der Waals surface area contributed by atoms with E-state index < -0.39 is 73.3 Å². The molecule has 2 rings (SSSR count). The minimum absolute atomic E-state index is 0.00211. The second kappa shape index (κ2) is 21.3. The minimum Gasteiger partial charge on any atom is -0.480 e. The zero-order valence-corrected chi connectivity index (χ0v) is 27.7. The third kappa shape index (κ3) is 14.3. The molecule has 18 nitrogen and oxygen atoms in total. The van der Waals surface area contributed by atoms with E-state index in [0.717, 1.165) is 0 Å². The van der Waals surface area contributed by atoms with E-state index in [-0.39, 0.29) is 84.5 Å². The van der Waals surface area contributed by atoms with Crippen LogP contribution >= 0.6 is 0 Å². The summed E-state index contributed by atoms with van der Waals surface area (Å²) in [5, 5.41) is 72.4. The smallest absolute Gasteiger partial charge is 0.320 e. The number of aromatic nitrogens is 1. The number of fused-ring (bicyclic) bond motifs is 2. The number of carbonyl (C=O) groups is 5. The maximum absolute atomic E-state index is 12.6. The van der Waals surface area contributed by atoms with Crippen LogP contribution in [-0.4, -0.2) is 168 Å². The number of amides is 2. The molecule has 0 saturated carbocycles. The fourth-order valence-corrected chi connectivity index (χ4v) is 5.57. The van der Waals surface area contributed by atoms with Crippen molar-refractivity contribution in [1.29, 1.82) is 0 Å². The number of aliphatic carboxylic acids is 3. The summed E-state index contributed by atoms with van der Waals surface area (Å²) in [6.45, 7) is 0.440. The van der Waals surface area contributed by atoms with Crippen LogP contribution in [0.5, 0.6) is 0 Å². The first-order valence-corrected chi connectivity index (χ1v) is 16.3. The van der Waals surface area contributed by atoms with Crippen molar-refractivity contribution in [2.45, 2.75) is 82.5 Å². The van der Waals surface area contributed by atoms with E-state index in [4.69, 9.17) is 10.2 Å². The normalized spacial score (nSPS) is 18.1. The lowest BCUT2D eigenvalue weighted by atomic mass is 10.1. The summed E-state index contributed by atoms with van der Waals surface area (Å²) < 4.78 is 0. The van der Waals surface area contributed by atoms with Crippen LogP contribution < -0.4 is 10.6 Å². The van der Waals surface area contributed by atoms with Gasteiger partial charge in [0.2, 0.25) is 11.8 Å². The number of carboxylic acid groups (broad SMARTS) is 3. The molecule has 5 atom stereocenters. The lowest BCUT2D eigenvalue weighted by Gasteiger charge is -2.36. The van der Waals surface area contributed by atoms with Crippen molar-refractivity contribution in [3.05, 3.63) is 29.6 Å². The van der Waals surface area contributed by atoms with Gasteiger partial charge in [-0.25, -0.2) is 0 Å². The summed E-state index contributed by atoms with van der Waals surface area (Å²) in [6, 6.07) is 1.80. The number of hydrogen-bond donors (Lipinski definition) is 9. The highest BCUT2D eigenvalue weighted by atomic mass is 16.4. The Bertz CT molecular complexity index is 1240. The van der Waals surface area contributed by atoms with Crippen LogP contribution in [-0.2, 0) is 37.1 Å². The molecular weight excluding hydrogens is 648 g/mol. The number of hydrogen-bond acceptors (Lipinski definition) is 13. The van der Waals surface area contributed by atoms with Gasteiger partial charge in [0.1, 0.15) is 18.1 Å². The second-order valence-electron chi connectivity index (χ2n) is 11.9. The molecule has 0 fully saturated rings. The molecule has 2 unspecified atom stereocenters. The van der Waals surface area contributed by atoms with Gasteiger partial charge < -0.3 is 46.4 Å². The summed E-state index contributed by atoms with van der Waals surface area (Å²) in [7, 11) is 0. The average molecular weight is 699 g/mol. The number of rotatable bonds is 19. The van der Waals surface area contributed by atoms with E-state index in [1.54, 1.807) is 39.8 Å². The minimum atomic E-state index is -1.25. The van der Waals surface area contributed by atoms with Crippen molar-refractivity contribution in [1.82, 2.24) is 30.3 Å². The first-order valence-electron chi connectivity index (χ1n) is 16.3. The van der Waals surface area contributed by atoms with Gasteiger partial charge in [-0.3, -0.25) is 43.7 Å². The van der Waals surface area contributed by atoms with Gasteiger partial charge in [-0.2, -0.15) is 0 Å². The third-order valence-electron chi connectivity index (χ3n) is 8.29. The standard InChI is InChI=1S/C31H50N6O12/c1-2-24(29(44)45)36-12-10-35(25(30(46)47)6-8-27(42)32-14-22(40)18-38)11-13-37(17-21-5-3-4-20(16-36)34-21)26(31(48)49)7-9-28(43)33-15-23(41)19-39/h3-5,22-26,38-41H,2,6-19H2,1H3,(H,32,42)(H,33,43)(H,44,45)(H,46,47)(H,48,49)/t22?,23?,24-,25-,26-/m0/s1. The van der Waals surface area contributed by atoms with Crippen LogP contribution in [0.2, 0.25) is 0 Å². The SMILES string of the molecule is CC[C@@H](C(=O)O)N1CCN([C@@H](CCC(=O)NCC(O)CO)C(=O)O)CCN([C@@H](CCC(=O)NCC(O)CO)C(=O)O)Cc2cccc(n2)C1. The van der Waals surface area contributed by atoms with E-state index in [1.807, 2.05) is 0 Å². The molecular formula is C31H50N6O12. The van der Waals surface area contributed by atoms with Gasteiger partial charge in [0.15, 0.2) is 0 Å². The number of aliphatic hydroxyl groups is 4. The summed E-state index contributed by atoms with van der Waals surface area (Å²) >= 11 is 0. The molecule has 18 heteroatoms. The fourth-order valence-electron chi connectivity index (χ4n) is 5.57. The van der Waals surface area contributed by atoms with E-state index in [0.29, 0.717) is 11.4 Å². The Labute approximate surface area is 284 Å². The van der Waals surface area contributed by atoms with Gasteiger partial charge in [-0.15, -0.1) is 0 Å². The summed E-state index contributed by atoms with van der Waals surface area (Å²) in [6.07, 6.45) is -2.84. The highest BCUT2D eigenvalue weighted by Crippen LogP contribution is 2.18. The van der Waals surface area contributed by atoms with E-state index in [1.165, 1.54) is 0 Å². The van der Waals surface area contributed by atoms with Crippen LogP contribution in [0.4, 0.5) is 0 Å². The molecule has 276 valence electrons. The molecule has 0 aromatic carbocycles. The lowest BCUT2D eigenvalue weighted by Crippen LogP contribution is -2.52. The molecule has 0 spiro atoms. The molecule has 0 saturated heterocycles. The van der Waals surface area contributed by atoms with Crippen molar-refractivity contribution < 1.29 is 59.7 Å². The Morgan fingerprint density at radius 3 is 1.47 bits per heavy atom. The highest BCUT2D eigenvalue weighted by molar-refractivity contribution is 5.79. The molecule has 1 aromatic heterocycles. The van der Waals surface area contributed by atoms with Crippen molar-refractivity contribution in [3.8, 4) is 0 Å². The van der Waals surface area contributed by atoms with E-state index in [9.17, 15) is 49.5 Å². The Hall–Kier alpha value is -3.78. The summed E-state index contributed by atoms with van der Waals surface area (Å²) in [4.78, 5) is 71.7. The van der Waals surface area contributed by atoms with Crippen LogP contribution in [0.1, 0.15) is 50.4 Å². The van der Waals surface area contributed by atoms with Crippen molar-refractivity contribution in [3.63, 3.8) is 0 Å². The van der Waals surface area contributed by atoms with Gasteiger partial charge in [-0.05, 0) is 31.4 Å². The molecule has 2 bridgehead atoms. The number of carbonyl (C=O) groups excluding carboxylic acids is 2. The van der Waals surface area contributed by atoms with Gasteiger partial charge in [-0.1, -0.05) is 13.0 Å². The molecule has 0 radical (unpaired) electrons. The third-order valence-corrected chi connectivity index (χ3v) is 8.29. The predicted octanol–water partition coefficient (Wildman–Crippen LogP) is -2.73. The molecule has 1 aliphatic heterocycles. The largest absolute Gasteiger partial charge is 0.480 e. The summed E-state index contributed by atoms with van der Waals surface area (Å²) in [5.74, 6) is -4.61. The van der Waals surface area contributed by atoms with Crippen molar-refractivity contribution >= 4 is 29.7 Å². The van der Waals surface area contributed by atoms with Crippen molar-refractivity contribution in [2.75, 3.05) is 52.5 Å². The zero-order chi connectivity index (χ0) is 36.5. The van der Waals surface area contributed by atoms with Crippen LogP contribution in [0, 0.1) is 0 Å². The Morgan fingerprint density at radius 1 is 0.694 bits per heavy atom. The van der Waals surface area contributed by atoms with Crippen molar-refractivity contribution in [2.24, 2.45) is 0 Å². The van der Waals surface area contributed by atoms with Gasteiger partial charge in [0.05, 0.1) is 36.8 Å². The quantitative estimate of drug-likeness (QED) is 0.0709. The molecule has 1 aromatic rings. The topological polar surface area (TPSA) is 274 Å². The second-order valence-corrected chi connectivity index (χ2v) is 11.9. The fraction of sp³-hybridized carbons (Fsp3) is 0.677. The molecule has 49 heavy (non-hydrogen) atoms. The molecule has 9 N–H and O–H groups in total. The molecule has 2 heterocycles. The molecule has 0 aliphatic carbocycles. The number of aliphatic hydroxyl groups excluding tert-OH is 4. The van der Waals surface area contributed by atoms with Gasteiger partial charge in [0.25, 0.3) is 0 Å². The number of nitrogens with one attached hydrogen (secondary N) is 2. The average Bonchev–Trinajstić information content (AvgIpc) is 3.05. The van der Waals surface area contributed by atoms with E-state index >= 15 is 0 Å². The van der Waals surface area contributed by atoms with Gasteiger partial charge in [0, 0.05) is 65.2 Å². The Morgan fingerprint density at radius 2 is 1.08 bits per heavy atom. The van der Waals surface area contributed by atoms with E-state index in [2.05, 4.69) is 15.6 Å². The Balaban J connectivity index is 2.43. The first kappa shape index (κ1) is 41.4. The molecule has 2 amide bonds. The predicted molar refractivity (Wildman–Crippen MR) is 172 cm³/mol. The maximum Gasteiger partial charge on any atom is 0.320 e. The highest BCUT2D eigenvalue weighted by Gasteiger charge is 2.33. The van der Waals surface area contributed by atoms with Crippen LogP contribution in [0.15, 0.2) is 18.2 Å². The van der Waals surface area contributed by atoms with Crippen LogP contribution in [0.25, 0.3) is 0 Å². The molecule has 1 aliphatic rings. The maximum atomic E-state index is 12.6. The van der Waals surface area contributed by atoms with Crippen LogP contribution in [0.3, 0.4) is 0 Å². The zero-order valence-electron chi connectivity index (χ0n) is 27.7. The Kier molecular flexibility index (Phi) is 18.0. The number of carboxylic acids is 3. The first-order chi connectivity index (χ1) is 23.3. The number of nitrogens with zero attached hydrogens (tertiary/aromatic N) is 4. The lowest BCUT2D eigenvalue weighted by molar-refractivity contribution is -0.147. The van der Waals surface area contributed by atoms with Gasteiger partial charge >= 0.3 is 17.9 Å².